The SMILES string of the molecule is CC(C)CCOCCN1CC(=O)N2CCCCC2C1=O. The Kier molecular flexibility index (Phi) is 5.40. The van der Waals surface area contributed by atoms with Crippen LogP contribution in [0.5, 0.6) is 0 Å². The maximum atomic E-state index is 12.4. The molecule has 114 valence electrons. The zero-order valence-electron chi connectivity index (χ0n) is 12.6. The smallest absolute Gasteiger partial charge is 0.245 e. The summed E-state index contributed by atoms with van der Waals surface area (Å²) >= 11 is 0. The van der Waals surface area contributed by atoms with Gasteiger partial charge >= 0.3 is 0 Å². The molecule has 0 aromatic heterocycles. The van der Waals surface area contributed by atoms with Crippen LogP contribution in [0.15, 0.2) is 0 Å². The third-order valence-electron chi connectivity index (χ3n) is 4.09. The highest BCUT2D eigenvalue weighted by molar-refractivity contribution is 5.95. The Hall–Kier alpha value is -1.10. The van der Waals surface area contributed by atoms with Crippen molar-refractivity contribution < 1.29 is 14.3 Å². The van der Waals surface area contributed by atoms with E-state index >= 15 is 0 Å². The minimum atomic E-state index is -0.208. The average molecular weight is 282 g/mol. The highest BCUT2D eigenvalue weighted by atomic mass is 16.5. The van der Waals surface area contributed by atoms with Crippen molar-refractivity contribution >= 4 is 11.8 Å². The molecule has 2 heterocycles. The van der Waals surface area contributed by atoms with Gasteiger partial charge in [-0.2, -0.15) is 0 Å². The van der Waals surface area contributed by atoms with E-state index in [-0.39, 0.29) is 24.4 Å². The molecule has 2 aliphatic rings. The van der Waals surface area contributed by atoms with Crippen molar-refractivity contribution in [3.63, 3.8) is 0 Å². The van der Waals surface area contributed by atoms with Crippen LogP contribution < -0.4 is 0 Å². The van der Waals surface area contributed by atoms with Gasteiger partial charge in [0.05, 0.1) is 13.2 Å². The van der Waals surface area contributed by atoms with Crippen molar-refractivity contribution in [2.45, 2.75) is 45.6 Å². The monoisotopic (exact) mass is 282 g/mol. The number of carbonyl (C=O) groups is 2. The fourth-order valence-electron chi connectivity index (χ4n) is 2.81. The van der Waals surface area contributed by atoms with E-state index in [0.717, 1.165) is 38.8 Å². The zero-order valence-corrected chi connectivity index (χ0v) is 12.6. The summed E-state index contributed by atoms with van der Waals surface area (Å²) in [7, 11) is 0. The number of hydrogen-bond donors (Lipinski definition) is 0. The summed E-state index contributed by atoms with van der Waals surface area (Å²) in [5.41, 5.74) is 0. The second-order valence-electron chi connectivity index (χ2n) is 6.15. The predicted molar refractivity (Wildman–Crippen MR) is 76.2 cm³/mol. The zero-order chi connectivity index (χ0) is 14.5. The predicted octanol–water partition coefficient (Wildman–Crippen LogP) is 1.27. The second-order valence-corrected chi connectivity index (χ2v) is 6.15. The van der Waals surface area contributed by atoms with Crippen LogP contribution in [0.25, 0.3) is 0 Å². The molecular formula is C15H26N2O3. The molecule has 0 aliphatic carbocycles. The number of amides is 2. The van der Waals surface area contributed by atoms with Gasteiger partial charge in [-0.05, 0) is 31.6 Å². The first kappa shape index (κ1) is 15.3. The van der Waals surface area contributed by atoms with Crippen LogP contribution in [0.1, 0.15) is 39.5 Å². The third kappa shape index (κ3) is 3.72. The molecule has 2 aliphatic heterocycles. The molecule has 5 nitrogen and oxygen atoms in total. The molecule has 0 bridgehead atoms. The summed E-state index contributed by atoms with van der Waals surface area (Å²) in [5, 5.41) is 0. The largest absolute Gasteiger partial charge is 0.380 e. The Morgan fingerprint density at radius 3 is 2.80 bits per heavy atom. The van der Waals surface area contributed by atoms with Crippen LogP contribution in [-0.2, 0) is 14.3 Å². The number of piperazine rings is 1. The molecule has 0 radical (unpaired) electrons. The van der Waals surface area contributed by atoms with Crippen molar-refractivity contribution in [1.29, 1.82) is 0 Å². The summed E-state index contributed by atoms with van der Waals surface area (Å²) in [6.07, 6.45) is 3.91. The molecule has 0 aromatic carbocycles. The molecule has 2 amide bonds. The topological polar surface area (TPSA) is 49.9 Å². The first-order valence-electron chi connectivity index (χ1n) is 7.75. The Balaban J connectivity index is 1.77. The van der Waals surface area contributed by atoms with E-state index in [1.165, 1.54) is 0 Å². The summed E-state index contributed by atoms with van der Waals surface area (Å²) in [6, 6.07) is -0.208. The first-order valence-corrected chi connectivity index (χ1v) is 7.75. The third-order valence-corrected chi connectivity index (χ3v) is 4.09. The fraction of sp³-hybridized carbons (Fsp3) is 0.867. The number of piperidine rings is 1. The minimum Gasteiger partial charge on any atom is -0.380 e. The fourth-order valence-corrected chi connectivity index (χ4v) is 2.81. The molecule has 2 fully saturated rings. The van der Waals surface area contributed by atoms with Crippen molar-refractivity contribution in [3.8, 4) is 0 Å². The molecule has 0 aromatic rings. The standard InChI is InChI=1S/C15H26N2O3/c1-12(2)6-9-20-10-8-16-11-14(18)17-7-4-3-5-13(17)15(16)19/h12-13H,3-11H2,1-2H3. The van der Waals surface area contributed by atoms with Crippen molar-refractivity contribution in [1.82, 2.24) is 9.80 Å². The number of nitrogens with zero attached hydrogens (tertiary/aromatic N) is 2. The Morgan fingerprint density at radius 1 is 1.25 bits per heavy atom. The lowest BCUT2D eigenvalue weighted by Crippen LogP contribution is -2.61. The molecule has 20 heavy (non-hydrogen) atoms. The van der Waals surface area contributed by atoms with Gasteiger partial charge in [0.2, 0.25) is 11.8 Å². The lowest BCUT2D eigenvalue weighted by Gasteiger charge is -2.42. The number of hydrogen-bond acceptors (Lipinski definition) is 3. The first-order chi connectivity index (χ1) is 9.59. The molecule has 0 spiro atoms. The van der Waals surface area contributed by atoms with Gasteiger partial charge in [-0.25, -0.2) is 0 Å². The molecule has 0 N–H and O–H groups in total. The summed E-state index contributed by atoms with van der Waals surface area (Å²) < 4.78 is 5.55. The van der Waals surface area contributed by atoms with Crippen LogP contribution in [0, 0.1) is 5.92 Å². The van der Waals surface area contributed by atoms with Gasteiger partial charge in [0.15, 0.2) is 0 Å². The van der Waals surface area contributed by atoms with Gasteiger partial charge in [-0.1, -0.05) is 13.8 Å². The van der Waals surface area contributed by atoms with Crippen LogP contribution in [-0.4, -0.2) is 60.5 Å². The Bertz CT molecular complexity index is 357. The lowest BCUT2D eigenvalue weighted by molar-refractivity contribution is -0.158. The summed E-state index contributed by atoms with van der Waals surface area (Å²) in [5.74, 6) is 0.831. The van der Waals surface area contributed by atoms with E-state index in [2.05, 4.69) is 13.8 Å². The molecule has 1 unspecified atom stereocenters. The maximum Gasteiger partial charge on any atom is 0.245 e. The van der Waals surface area contributed by atoms with Gasteiger partial charge in [0, 0.05) is 19.7 Å². The molecule has 0 saturated carbocycles. The highest BCUT2D eigenvalue weighted by Crippen LogP contribution is 2.22. The number of carbonyl (C=O) groups excluding carboxylic acids is 2. The molecule has 2 rings (SSSR count). The van der Waals surface area contributed by atoms with E-state index in [0.29, 0.717) is 19.1 Å². The Labute approximate surface area is 121 Å². The van der Waals surface area contributed by atoms with Crippen LogP contribution in [0.2, 0.25) is 0 Å². The van der Waals surface area contributed by atoms with Crippen molar-refractivity contribution in [2.75, 3.05) is 32.8 Å². The van der Waals surface area contributed by atoms with E-state index < -0.39 is 0 Å². The maximum absolute atomic E-state index is 12.4. The summed E-state index contributed by atoms with van der Waals surface area (Å²) in [4.78, 5) is 27.8. The minimum absolute atomic E-state index is 0.0940. The average Bonchev–Trinajstić information content (AvgIpc) is 2.43. The highest BCUT2D eigenvalue weighted by Gasteiger charge is 2.39. The van der Waals surface area contributed by atoms with E-state index in [4.69, 9.17) is 4.74 Å². The Morgan fingerprint density at radius 2 is 2.05 bits per heavy atom. The van der Waals surface area contributed by atoms with Crippen molar-refractivity contribution in [3.05, 3.63) is 0 Å². The van der Waals surface area contributed by atoms with E-state index in [9.17, 15) is 9.59 Å². The number of rotatable bonds is 6. The molecule has 2 saturated heterocycles. The number of fused-ring (bicyclic) bond motifs is 1. The van der Waals surface area contributed by atoms with E-state index in [1.807, 2.05) is 0 Å². The van der Waals surface area contributed by atoms with Gasteiger partial charge in [0.25, 0.3) is 0 Å². The van der Waals surface area contributed by atoms with Gasteiger partial charge < -0.3 is 14.5 Å². The van der Waals surface area contributed by atoms with Gasteiger partial charge in [-0.3, -0.25) is 9.59 Å². The lowest BCUT2D eigenvalue weighted by atomic mass is 9.98. The van der Waals surface area contributed by atoms with Crippen LogP contribution >= 0.6 is 0 Å². The quantitative estimate of drug-likeness (QED) is 0.689. The molecule has 5 heteroatoms. The van der Waals surface area contributed by atoms with Crippen molar-refractivity contribution in [2.24, 2.45) is 5.92 Å². The van der Waals surface area contributed by atoms with Gasteiger partial charge in [-0.15, -0.1) is 0 Å². The summed E-state index contributed by atoms with van der Waals surface area (Å²) in [6.45, 7) is 7.08. The normalized spacial score (nSPS) is 23.4. The van der Waals surface area contributed by atoms with Gasteiger partial charge in [0.1, 0.15) is 6.04 Å². The van der Waals surface area contributed by atoms with E-state index in [1.54, 1.807) is 9.80 Å². The second kappa shape index (κ2) is 7.07. The molecule has 1 atom stereocenters. The number of ether oxygens (including phenoxy) is 1. The van der Waals surface area contributed by atoms with Crippen LogP contribution in [0.3, 0.4) is 0 Å². The molecular weight excluding hydrogens is 256 g/mol. The van der Waals surface area contributed by atoms with Crippen LogP contribution in [0.4, 0.5) is 0 Å².